The Labute approximate surface area is 252 Å². The molecule has 0 aromatic heterocycles. The number of nitro benzene ring substituents is 1. The second-order valence-corrected chi connectivity index (χ2v) is 11.7. The van der Waals surface area contributed by atoms with Crippen LogP contribution in [0.2, 0.25) is 5.02 Å². The third kappa shape index (κ3) is 6.57. The molecular formula is C28H24ClI2N3O4. The number of aliphatic hydroxyl groups excluding tert-OH is 2. The Morgan fingerprint density at radius 2 is 1.18 bits per heavy atom. The van der Waals surface area contributed by atoms with Gasteiger partial charge in [0.2, 0.25) is 0 Å². The van der Waals surface area contributed by atoms with E-state index in [4.69, 9.17) is 11.6 Å². The summed E-state index contributed by atoms with van der Waals surface area (Å²) < 4.78 is 2.15. The summed E-state index contributed by atoms with van der Waals surface area (Å²) in [5, 5.41) is 41.3. The topological polar surface area (TPSA) is 108 Å². The fourth-order valence-corrected chi connectivity index (χ4v) is 5.55. The third-order valence-electron chi connectivity index (χ3n) is 6.11. The van der Waals surface area contributed by atoms with E-state index in [1.807, 2.05) is 50.2 Å². The van der Waals surface area contributed by atoms with Gasteiger partial charge in [-0.15, -0.1) is 0 Å². The van der Waals surface area contributed by atoms with Gasteiger partial charge >= 0.3 is 0 Å². The molecule has 0 aliphatic carbocycles. The summed E-state index contributed by atoms with van der Waals surface area (Å²) in [5.74, 6) is 0. The molecule has 10 heteroatoms. The summed E-state index contributed by atoms with van der Waals surface area (Å²) in [6, 6.07) is 20.9. The van der Waals surface area contributed by atoms with Crippen LogP contribution in [0.5, 0.6) is 0 Å². The molecule has 0 bridgehead atoms. The minimum Gasteiger partial charge on any atom is -0.385 e. The van der Waals surface area contributed by atoms with Gasteiger partial charge in [0.1, 0.15) is 12.2 Å². The monoisotopic (exact) mass is 755 g/mol. The molecule has 0 saturated heterocycles. The number of nitrogens with zero attached hydrogens (tertiary/aromatic N) is 1. The first-order valence-electron chi connectivity index (χ1n) is 11.5. The average Bonchev–Trinajstić information content (AvgIpc) is 2.87. The molecule has 0 aliphatic heterocycles. The molecule has 0 spiro atoms. The number of anilines is 4. The fourth-order valence-electron chi connectivity index (χ4n) is 4.08. The van der Waals surface area contributed by atoms with E-state index in [1.165, 1.54) is 18.2 Å². The van der Waals surface area contributed by atoms with Crippen molar-refractivity contribution in [2.45, 2.75) is 26.1 Å². The lowest BCUT2D eigenvalue weighted by molar-refractivity contribution is -0.385. The van der Waals surface area contributed by atoms with Crippen molar-refractivity contribution in [3.05, 3.63) is 117 Å². The van der Waals surface area contributed by atoms with Crippen LogP contribution < -0.4 is 10.6 Å². The molecule has 2 atom stereocenters. The molecule has 0 radical (unpaired) electrons. The number of nitrogens with one attached hydrogen (secondary N) is 2. The van der Waals surface area contributed by atoms with Gasteiger partial charge < -0.3 is 20.8 Å². The molecule has 4 aromatic rings. The van der Waals surface area contributed by atoms with E-state index in [0.717, 1.165) is 29.6 Å². The number of non-ortho nitro benzene ring substituents is 1. The molecule has 0 heterocycles. The van der Waals surface area contributed by atoms with Crippen LogP contribution in [0.3, 0.4) is 0 Å². The molecule has 0 saturated carbocycles. The summed E-state index contributed by atoms with van der Waals surface area (Å²) in [7, 11) is 0. The first-order valence-corrected chi connectivity index (χ1v) is 14.1. The van der Waals surface area contributed by atoms with Gasteiger partial charge in [-0.05, 0) is 131 Å². The Bertz CT molecular complexity index is 1520. The summed E-state index contributed by atoms with van der Waals surface area (Å²) in [6.45, 7) is 3.91. The maximum Gasteiger partial charge on any atom is 0.269 e. The minimum atomic E-state index is -1.50. The molecule has 0 aliphatic rings. The Morgan fingerprint density at radius 3 is 1.66 bits per heavy atom. The maximum absolute atomic E-state index is 11.5. The molecule has 2 unspecified atom stereocenters. The maximum atomic E-state index is 11.5. The number of aliphatic hydroxyl groups is 2. The van der Waals surface area contributed by atoms with Crippen molar-refractivity contribution in [1.82, 2.24) is 0 Å². The molecule has 7 nitrogen and oxygen atoms in total. The number of hydrogen-bond acceptors (Lipinski definition) is 6. The lowest BCUT2D eigenvalue weighted by Crippen LogP contribution is -2.14. The van der Waals surface area contributed by atoms with E-state index in [-0.39, 0.29) is 11.3 Å². The lowest BCUT2D eigenvalue weighted by atomic mass is 9.95. The fraction of sp³-hybridized carbons (Fsp3) is 0.143. The summed E-state index contributed by atoms with van der Waals surface area (Å²) in [5.41, 5.74) is 4.91. The van der Waals surface area contributed by atoms with Crippen molar-refractivity contribution >= 4 is 85.2 Å². The quantitative estimate of drug-likeness (QED) is 0.0819. The Kier molecular flexibility index (Phi) is 9.14. The van der Waals surface area contributed by atoms with Gasteiger partial charge in [0.05, 0.1) is 4.92 Å². The summed E-state index contributed by atoms with van der Waals surface area (Å²) in [6.07, 6.45) is -2.95. The lowest BCUT2D eigenvalue weighted by Gasteiger charge is -2.24. The standard InChI is InChI=1S/C28H24ClI2N3O4/c1-15-11-18(30)4-8-23(15)32-25-7-3-17(29)13-21(25)27(35)28(36)22-14-20(34(37)38)6-10-26(22)33-24-9-5-19(31)12-16(24)2/h3-14,27-28,32-33,35-36H,1-2H3. The van der Waals surface area contributed by atoms with Crippen LogP contribution in [0.15, 0.2) is 72.8 Å². The zero-order valence-electron chi connectivity index (χ0n) is 20.4. The molecule has 4 N–H and O–H groups in total. The van der Waals surface area contributed by atoms with Crippen LogP contribution in [-0.2, 0) is 0 Å². The Morgan fingerprint density at radius 1 is 0.737 bits per heavy atom. The van der Waals surface area contributed by atoms with Crippen molar-refractivity contribution in [2.24, 2.45) is 0 Å². The highest BCUT2D eigenvalue weighted by molar-refractivity contribution is 14.1. The molecule has 38 heavy (non-hydrogen) atoms. The van der Waals surface area contributed by atoms with Crippen LogP contribution in [0.25, 0.3) is 0 Å². The number of halogens is 3. The number of benzene rings is 4. The van der Waals surface area contributed by atoms with Gasteiger partial charge in [-0.3, -0.25) is 10.1 Å². The van der Waals surface area contributed by atoms with Gasteiger partial charge in [0.15, 0.2) is 0 Å². The zero-order chi connectivity index (χ0) is 27.6. The van der Waals surface area contributed by atoms with Crippen LogP contribution >= 0.6 is 56.8 Å². The van der Waals surface area contributed by atoms with E-state index < -0.39 is 17.1 Å². The molecule has 196 valence electrons. The predicted molar refractivity (Wildman–Crippen MR) is 169 cm³/mol. The van der Waals surface area contributed by atoms with Crippen LogP contribution in [0.4, 0.5) is 28.4 Å². The van der Waals surface area contributed by atoms with Gasteiger partial charge in [0.25, 0.3) is 5.69 Å². The first kappa shape index (κ1) is 28.6. The Hall–Kier alpha value is -2.45. The number of nitro groups is 1. The van der Waals surface area contributed by atoms with Crippen molar-refractivity contribution in [2.75, 3.05) is 10.6 Å². The van der Waals surface area contributed by atoms with E-state index in [9.17, 15) is 20.3 Å². The highest BCUT2D eigenvalue weighted by Gasteiger charge is 2.27. The highest BCUT2D eigenvalue weighted by atomic mass is 127. The van der Waals surface area contributed by atoms with E-state index in [2.05, 4.69) is 55.8 Å². The van der Waals surface area contributed by atoms with Crippen LogP contribution in [0.1, 0.15) is 34.5 Å². The largest absolute Gasteiger partial charge is 0.385 e. The smallest absolute Gasteiger partial charge is 0.269 e. The second kappa shape index (κ2) is 12.2. The predicted octanol–water partition coefficient (Wildman–Crippen LogP) is 8.33. The van der Waals surface area contributed by atoms with Gasteiger partial charge in [-0.1, -0.05) is 11.6 Å². The van der Waals surface area contributed by atoms with Crippen LogP contribution in [0, 0.1) is 31.1 Å². The van der Waals surface area contributed by atoms with E-state index in [0.29, 0.717) is 22.0 Å². The van der Waals surface area contributed by atoms with Gasteiger partial charge in [0, 0.05) is 58.2 Å². The SMILES string of the molecule is Cc1cc(I)ccc1Nc1ccc(Cl)cc1C(O)C(O)c1cc([N+](=O)[O-])ccc1Nc1ccc(I)cc1C. The van der Waals surface area contributed by atoms with E-state index in [1.54, 1.807) is 18.2 Å². The molecule has 0 amide bonds. The number of aryl methyl sites for hydroxylation is 2. The molecule has 4 rings (SSSR count). The van der Waals surface area contributed by atoms with Gasteiger partial charge in [-0.2, -0.15) is 0 Å². The summed E-state index contributed by atoms with van der Waals surface area (Å²) in [4.78, 5) is 11.0. The number of rotatable bonds is 8. The zero-order valence-corrected chi connectivity index (χ0v) is 25.4. The minimum absolute atomic E-state index is 0.182. The Balaban J connectivity index is 1.74. The van der Waals surface area contributed by atoms with Crippen molar-refractivity contribution < 1.29 is 15.1 Å². The molecular weight excluding hydrogens is 732 g/mol. The van der Waals surface area contributed by atoms with Crippen molar-refractivity contribution in [3.8, 4) is 0 Å². The number of hydrogen-bond donors (Lipinski definition) is 4. The third-order valence-corrected chi connectivity index (χ3v) is 7.69. The highest BCUT2D eigenvalue weighted by Crippen LogP contribution is 2.40. The molecule has 4 aromatic carbocycles. The van der Waals surface area contributed by atoms with Gasteiger partial charge in [-0.25, -0.2) is 0 Å². The summed E-state index contributed by atoms with van der Waals surface area (Å²) >= 11 is 10.7. The second-order valence-electron chi connectivity index (χ2n) is 8.82. The first-order chi connectivity index (χ1) is 18.0. The molecule has 0 fully saturated rings. The average molecular weight is 756 g/mol. The van der Waals surface area contributed by atoms with E-state index >= 15 is 0 Å². The normalized spacial score (nSPS) is 12.6. The van der Waals surface area contributed by atoms with Crippen LogP contribution in [-0.4, -0.2) is 15.1 Å². The van der Waals surface area contributed by atoms with Crippen molar-refractivity contribution in [3.63, 3.8) is 0 Å². The van der Waals surface area contributed by atoms with Crippen molar-refractivity contribution in [1.29, 1.82) is 0 Å².